The molecule has 1 aromatic heterocycles. The van der Waals surface area contributed by atoms with Crippen LogP contribution < -0.4 is 0 Å². The van der Waals surface area contributed by atoms with E-state index in [2.05, 4.69) is 0 Å². The molecular weight excluding hydrogens is 293 g/mol. The van der Waals surface area contributed by atoms with Gasteiger partial charge < -0.3 is 4.57 Å². The van der Waals surface area contributed by atoms with Crippen LogP contribution in [0.3, 0.4) is 0 Å². The Kier molecular flexibility index (Phi) is 3.28. The second kappa shape index (κ2) is 4.97. The molecule has 0 saturated carbocycles. The van der Waals surface area contributed by atoms with Crippen molar-refractivity contribution >= 4 is 40.4 Å². The monoisotopic (exact) mass is 303 g/mol. The molecule has 3 rings (SSSR count). The van der Waals surface area contributed by atoms with Gasteiger partial charge in [-0.2, -0.15) is 0 Å². The Morgan fingerprint density at radius 3 is 2.35 bits per heavy atom. The Morgan fingerprint density at radius 1 is 1.05 bits per heavy atom. The number of halogens is 2. The van der Waals surface area contributed by atoms with E-state index >= 15 is 0 Å². The van der Waals surface area contributed by atoms with Crippen LogP contribution in [0, 0.1) is 0 Å². The van der Waals surface area contributed by atoms with Crippen LogP contribution in [0.25, 0.3) is 22.2 Å². The van der Waals surface area contributed by atoms with Crippen LogP contribution >= 0.6 is 23.2 Å². The first kappa shape index (κ1) is 13.2. The van der Waals surface area contributed by atoms with E-state index in [-0.39, 0.29) is 0 Å². The van der Waals surface area contributed by atoms with Gasteiger partial charge in [-0.05, 0) is 17.7 Å². The maximum Gasteiger partial charge on any atom is 0.152 e. The number of carbonyl (C=O) groups excluding carboxylic acids is 1. The zero-order chi connectivity index (χ0) is 14.3. The summed E-state index contributed by atoms with van der Waals surface area (Å²) in [6, 6.07) is 13.3. The first-order chi connectivity index (χ1) is 9.63. The number of nitrogens with zero attached hydrogens (tertiary/aromatic N) is 1. The molecule has 0 unspecified atom stereocenters. The Labute approximate surface area is 126 Å². The standard InChI is InChI=1S/C16H11Cl2NO/c1-19-15-8-14(18)13(17)7-11(15)12(9-20)16(19)10-5-3-2-4-6-10/h2-9H,1H3. The van der Waals surface area contributed by atoms with Gasteiger partial charge in [-0.15, -0.1) is 0 Å². The predicted molar refractivity (Wildman–Crippen MR) is 83.8 cm³/mol. The molecule has 0 amide bonds. The molecule has 0 aliphatic carbocycles. The number of rotatable bonds is 2. The summed E-state index contributed by atoms with van der Waals surface area (Å²) in [5.41, 5.74) is 3.38. The Balaban J connectivity index is 2.44. The molecule has 0 N–H and O–H groups in total. The lowest BCUT2D eigenvalue weighted by atomic mass is 10.1. The molecule has 0 aliphatic rings. The lowest BCUT2D eigenvalue weighted by Gasteiger charge is -2.05. The summed E-state index contributed by atoms with van der Waals surface area (Å²) >= 11 is 12.1. The predicted octanol–water partition coefficient (Wildman–Crippen LogP) is 4.96. The molecule has 1 heterocycles. The van der Waals surface area contributed by atoms with E-state index < -0.39 is 0 Å². The van der Waals surface area contributed by atoms with Crippen molar-refractivity contribution in [1.29, 1.82) is 0 Å². The largest absolute Gasteiger partial charge is 0.343 e. The number of aryl methyl sites for hydroxylation is 1. The molecule has 20 heavy (non-hydrogen) atoms. The van der Waals surface area contributed by atoms with Gasteiger partial charge in [-0.3, -0.25) is 4.79 Å². The van der Waals surface area contributed by atoms with Gasteiger partial charge in [-0.25, -0.2) is 0 Å². The summed E-state index contributed by atoms with van der Waals surface area (Å²) < 4.78 is 1.97. The summed E-state index contributed by atoms with van der Waals surface area (Å²) in [4.78, 5) is 11.5. The van der Waals surface area contributed by atoms with E-state index in [1.807, 2.05) is 41.9 Å². The maximum absolute atomic E-state index is 11.5. The van der Waals surface area contributed by atoms with Crippen molar-refractivity contribution in [3.63, 3.8) is 0 Å². The van der Waals surface area contributed by atoms with E-state index in [1.54, 1.807) is 12.1 Å². The first-order valence-electron chi connectivity index (χ1n) is 6.11. The van der Waals surface area contributed by atoms with Crippen molar-refractivity contribution < 1.29 is 4.79 Å². The molecule has 0 saturated heterocycles. The minimum Gasteiger partial charge on any atom is -0.343 e. The third-order valence-electron chi connectivity index (χ3n) is 3.45. The van der Waals surface area contributed by atoms with Crippen LogP contribution in [-0.2, 0) is 7.05 Å². The molecule has 0 bridgehead atoms. The number of aldehydes is 1. The number of aromatic nitrogens is 1. The van der Waals surface area contributed by atoms with Gasteiger partial charge in [0.05, 0.1) is 21.3 Å². The maximum atomic E-state index is 11.5. The smallest absolute Gasteiger partial charge is 0.152 e. The normalized spacial score (nSPS) is 10.9. The highest BCUT2D eigenvalue weighted by Gasteiger charge is 2.17. The van der Waals surface area contributed by atoms with E-state index in [0.717, 1.165) is 28.4 Å². The molecule has 3 aromatic rings. The minimum atomic E-state index is 0.451. The fourth-order valence-corrected chi connectivity index (χ4v) is 2.84. The van der Waals surface area contributed by atoms with Crippen LogP contribution in [-0.4, -0.2) is 10.9 Å². The molecule has 0 fully saturated rings. The van der Waals surface area contributed by atoms with Crippen molar-refractivity contribution in [1.82, 2.24) is 4.57 Å². The van der Waals surface area contributed by atoms with E-state index in [1.165, 1.54) is 0 Å². The van der Waals surface area contributed by atoms with E-state index in [0.29, 0.717) is 15.6 Å². The molecule has 0 spiro atoms. The second-order valence-electron chi connectivity index (χ2n) is 4.59. The third kappa shape index (κ3) is 1.92. The molecule has 100 valence electrons. The number of fused-ring (bicyclic) bond motifs is 1. The fraction of sp³-hybridized carbons (Fsp3) is 0.0625. The fourth-order valence-electron chi connectivity index (χ4n) is 2.52. The Morgan fingerprint density at radius 2 is 1.70 bits per heavy atom. The second-order valence-corrected chi connectivity index (χ2v) is 5.40. The van der Waals surface area contributed by atoms with Gasteiger partial charge in [0.2, 0.25) is 0 Å². The number of hydrogen-bond donors (Lipinski definition) is 0. The van der Waals surface area contributed by atoms with E-state index in [9.17, 15) is 4.79 Å². The molecule has 0 radical (unpaired) electrons. The minimum absolute atomic E-state index is 0.451. The lowest BCUT2D eigenvalue weighted by Crippen LogP contribution is -1.93. The first-order valence-corrected chi connectivity index (χ1v) is 6.87. The zero-order valence-corrected chi connectivity index (χ0v) is 12.2. The summed E-state index contributed by atoms with van der Waals surface area (Å²) in [6.45, 7) is 0. The summed E-state index contributed by atoms with van der Waals surface area (Å²) in [5.74, 6) is 0. The van der Waals surface area contributed by atoms with Gasteiger partial charge in [0.25, 0.3) is 0 Å². The van der Waals surface area contributed by atoms with Crippen LogP contribution in [0.4, 0.5) is 0 Å². The molecule has 0 atom stereocenters. The van der Waals surface area contributed by atoms with Gasteiger partial charge in [0.1, 0.15) is 0 Å². The van der Waals surface area contributed by atoms with Crippen molar-refractivity contribution in [2.75, 3.05) is 0 Å². The van der Waals surface area contributed by atoms with Gasteiger partial charge in [0.15, 0.2) is 6.29 Å². The van der Waals surface area contributed by atoms with Crippen molar-refractivity contribution in [3.05, 3.63) is 58.1 Å². The molecule has 4 heteroatoms. The summed E-state index contributed by atoms with van der Waals surface area (Å²) in [6.07, 6.45) is 0.870. The SMILES string of the molecule is Cn1c(-c2ccccc2)c(C=O)c2cc(Cl)c(Cl)cc21. The number of benzene rings is 2. The highest BCUT2D eigenvalue weighted by Crippen LogP contribution is 2.36. The molecule has 2 nitrogen and oxygen atoms in total. The zero-order valence-electron chi connectivity index (χ0n) is 10.7. The van der Waals surface area contributed by atoms with Gasteiger partial charge in [0, 0.05) is 18.0 Å². The van der Waals surface area contributed by atoms with Crippen LogP contribution in [0.5, 0.6) is 0 Å². The van der Waals surface area contributed by atoms with Crippen LogP contribution in [0.15, 0.2) is 42.5 Å². The highest BCUT2D eigenvalue weighted by molar-refractivity contribution is 6.43. The third-order valence-corrected chi connectivity index (χ3v) is 4.17. The Hall–Kier alpha value is -1.77. The summed E-state index contributed by atoms with van der Waals surface area (Å²) in [5, 5.41) is 1.75. The lowest BCUT2D eigenvalue weighted by molar-refractivity contribution is 0.112. The van der Waals surface area contributed by atoms with E-state index in [4.69, 9.17) is 23.2 Å². The van der Waals surface area contributed by atoms with Crippen molar-refractivity contribution in [2.45, 2.75) is 0 Å². The summed E-state index contributed by atoms with van der Waals surface area (Å²) in [7, 11) is 1.92. The van der Waals surface area contributed by atoms with Crippen LogP contribution in [0.2, 0.25) is 10.0 Å². The number of carbonyl (C=O) groups is 1. The average Bonchev–Trinajstić information content (AvgIpc) is 2.73. The average molecular weight is 304 g/mol. The number of hydrogen-bond acceptors (Lipinski definition) is 1. The topological polar surface area (TPSA) is 22.0 Å². The molecule has 0 aliphatic heterocycles. The van der Waals surface area contributed by atoms with Crippen LogP contribution in [0.1, 0.15) is 10.4 Å². The molecular formula is C16H11Cl2NO. The molecule has 2 aromatic carbocycles. The van der Waals surface area contributed by atoms with Crippen molar-refractivity contribution in [2.24, 2.45) is 7.05 Å². The highest BCUT2D eigenvalue weighted by atomic mass is 35.5. The van der Waals surface area contributed by atoms with Gasteiger partial charge >= 0.3 is 0 Å². The van der Waals surface area contributed by atoms with Gasteiger partial charge in [-0.1, -0.05) is 53.5 Å². The Bertz CT molecular complexity index is 806. The quantitative estimate of drug-likeness (QED) is 0.613. The van der Waals surface area contributed by atoms with Crippen molar-refractivity contribution in [3.8, 4) is 11.3 Å².